The molecule has 0 aliphatic carbocycles. The third kappa shape index (κ3) is 8.01. The highest BCUT2D eigenvalue weighted by Gasteiger charge is 2.54. The summed E-state index contributed by atoms with van der Waals surface area (Å²) in [6, 6.07) is 17.3. The van der Waals surface area contributed by atoms with Crippen LogP contribution in [-0.4, -0.2) is 73.1 Å². The third-order valence-electron chi connectivity index (χ3n) is 7.17. The Balaban J connectivity index is 1.21. The number of phosphoric ester groups is 1. The van der Waals surface area contributed by atoms with Crippen LogP contribution < -0.4 is 10.6 Å². The first-order valence-corrected chi connectivity index (χ1v) is 17.8. The number of anilines is 1. The molecule has 2 amide bonds. The molecule has 248 valence electrons. The number of hydrogen-bond acceptors (Lipinski definition) is 11. The molecule has 18 heteroatoms. The molecule has 4 N–H and O–H groups in total. The lowest BCUT2D eigenvalue weighted by atomic mass is 10.1. The Bertz CT molecular complexity index is 1830. The molecule has 0 saturated carbocycles. The highest BCUT2D eigenvalue weighted by molar-refractivity contribution is 7.63. The van der Waals surface area contributed by atoms with Crippen molar-refractivity contribution in [3.05, 3.63) is 90.5 Å². The van der Waals surface area contributed by atoms with Gasteiger partial charge in [-0.25, -0.2) is 28.6 Å². The van der Waals surface area contributed by atoms with E-state index in [-0.39, 0.29) is 11.3 Å². The quantitative estimate of drug-likeness (QED) is 0.154. The number of nitrogens with zero attached hydrogens (tertiary/aromatic N) is 4. The van der Waals surface area contributed by atoms with E-state index in [0.29, 0.717) is 17.8 Å². The van der Waals surface area contributed by atoms with Gasteiger partial charge in [-0.05, 0) is 24.1 Å². The van der Waals surface area contributed by atoms with Crippen molar-refractivity contribution in [2.75, 3.05) is 18.5 Å². The fourth-order valence-corrected chi connectivity index (χ4v) is 7.92. The molecule has 4 heterocycles. The minimum Gasteiger partial charge on any atom is -0.347 e. The minimum atomic E-state index is -5.04. The van der Waals surface area contributed by atoms with Crippen molar-refractivity contribution in [1.29, 1.82) is 0 Å². The zero-order chi connectivity index (χ0) is 33.0. The van der Waals surface area contributed by atoms with Gasteiger partial charge in [0, 0.05) is 6.54 Å². The summed E-state index contributed by atoms with van der Waals surface area (Å²) in [6.07, 6.45) is 1.43. The van der Waals surface area contributed by atoms with Gasteiger partial charge in [-0.3, -0.25) is 19.0 Å². The number of fused-ring (bicyclic) bond motifs is 2. The first kappa shape index (κ1) is 33.1. The standard InChI is InChI=1S/C29H32N6O10P2/c1-2-30-29(36)34-26-23-27(32-17-31-26)35(18-33-23)28-25-24(43-22(44-25)14-13-19-9-5-3-6-10-19)21(42-28)15-41-47(39,40)45-46(37,38)16-20-11-7-4-8-12-20/h3-14,17-18,21-22,24-25,28H,2,15-16H2,1H3,(H,37,38)(H,39,40)(H2,30,31,32,34,36)/t21-,22+,24?,25+,28-/m1/s1. The molecule has 7 atom stereocenters. The minimum absolute atomic E-state index is 0.170. The van der Waals surface area contributed by atoms with Gasteiger partial charge in [-0.15, -0.1) is 0 Å². The van der Waals surface area contributed by atoms with Gasteiger partial charge in [0.15, 0.2) is 29.5 Å². The maximum absolute atomic E-state index is 12.8. The summed E-state index contributed by atoms with van der Waals surface area (Å²) in [4.78, 5) is 45.7. The number of ether oxygens (including phenoxy) is 3. The van der Waals surface area contributed by atoms with Crippen molar-refractivity contribution < 1.29 is 46.8 Å². The maximum atomic E-state index is 12.8. The summed E-state index contributed by atoms with van der Waals surface area (Å²) in [5, 5.41) is 5.26. The fraction of sp³-hybridized carbons (Fsp3) is 0.310. The van der Waals surface area contributed by atoms with E-state index in [1.807, 2.05) is 36.4 Å². The Hall–Kier alpha value is -3.82. The number of carbonyl (C=O) groups is 1. The molecule has 2 saturated heterocycles. The number of carbonyl (C=O) groups excluding carboxylic acids is 1. The molecule has 0 bridgehead atoms. The van der Waals surface area contributed by atoms with Gasteiger partial charge in [0.1, 0.15) is 24.6 Å². The summed E-state index contributed by atoms with van der Waals surface area (Å²) in [6.45, 7) is 1.63. The Morgan fingerprint density at radius 1 is 1.00 bits per heavy atom. The first-order chi connectivity index (χ1) is 22.6. The Morgan fingerprint density at radius 2 is 1.72 bits per heavy atom. The molecular formula is C29H32N6O10P2. The molecule has 2 aliphatic rings. The normalized spacial score (nSPS) is 25.0. The van der Waals surface area contributed by atoms with Crippen LogP contribution in [0.5, 0.6) is 0 Å². The number of aromatic nitrogens is 4. The van der Waals surface area contributed by atoms with E-state index in [0.717, 1.165) is 5.56 Å². The number of rotatable bonds is 12. The number of nitrogens with one attached hydrogen (secondary N) is 2. The van der Waals surface area contributed by atoms with Gasteiger partial charge in [-0.1, -0.05) is 66.7 Å². The van der Waals surface area contributed by atoms with Crippen molar-refractivity contribution in [1.82, 2.24) is 24.8 Å². The Kier molecular flexibility index (Phi) is 9.94. The largest absolute Gasteiger partial charge is 0.479 e. The number of hydrogen-bond donors (Lipinski definition) is 4. The average molecular weight is 687 g/mol. The number of imidazole rings is 1. The third-order valence-corrected chi connectivity index (χ3v) is 10.3. The second-order valence-electron chi connectivity index (χ2n) is 10.6. The van der Waals surface area contributed by atoms with Gasteiger partial charge in [-0.2, -0.15) is 0 Å². The molecule has 6 rings (SSSR count). The molecule has 3 unspecified atom stereocenters. The van der Waals surface area contributed by atoms with Crippen LogP contribution in [0.1, 0.15) is 24.3 Å². The van der Waals surface area contributed by atoms with Gasteiger partial charge < -0.3 is 29.3 Å². The zero-order valence-corrected chi connectivity index (χ0v) is 26.7. The predicted octanol–water partition coefficient (Wildman–Crippen LogP) is 4.21. The molecule has 47 heavy (non-hydrogen) atoms. The zero-order valence-electron chi connectivity index (χ0n) is 24.9. The summed E-state index contributed by atoms with van der Waals surface area (Å²) in [7, 11) is -9.61. The molecule has 2 fully saturated rings. The van der Waals surface area contributed by atoms with Crippen LogP contribution in [0.4, 0.5) is 10.6 Å². The van der Waals surface area contributed by atoms with Crippen molar-refractivity contribution in [3.63, 3.8) is 0 Å². The Labute approximate surface area is 268 Å². The van der Waals surface area contributed by atoms with Gasteiger partial charge >= 0.3 is 21.4 Å². The molecular weight excluding hydrogens is 654 g/mol. The second kappa shape index (κ2) is 14.1. The smallest absolute Gasteiger partial charge is 0.347 e. The number of phosphoric acid groups is 1. The number of benzene rings is 2. The van der Waals surface area contributed by atoms with Crippen LogP contribution in [0.15, 0.2) is 79.4 Å². The summed E-state index contributed by atoms with van der Waals surface area (Å²) < 4.78 is 55.5. The van der Waals surface area contributed by atoms with Crippen LogP contribution in [0.2, 0.25) is 0 Å². The highest BCUT2D eigenvalue weighted by atomic mass is 31.3. The number of urea groups is 1. The average Bonchev–Trinajstić information content (AvgIpc) is 3.74. The lowest BCUT2D eigenvalue weighted by Crippen LogP contribution is -2.31. The molecule has 0 spiro atoms. The lowest BCUT2D eigenvalue weighted by Gasteiger charge is -2.21. The van der Waals surface area contributed by atoms with Crippen molar-refractivity contribution >= 4 is 44.5 Å². The predicted molar refractivity (Wildman–Crippen MR) is 168 cm³/mol. The van der Waals surface area contributed by atoms with E-state index < -0.39 is 65.0 Å². The molecule has 0 radical (unpaired) electrons. The highest BCUT2D eigenvalue weighted by Crippen LogP contribution is 2.61. The van der Waals surface area contributed by atoms with Crippen molar-refractivity contribution in [2.24, 2.45) is 0 Å². The van der Waals surface area contributed by atoms with Gasteiger partial charge in [0.2, 0.25) is 0 Å². The maximum Gasteiger partial charge on any atom is 0.479 e. The van der Waals surface area contributed by atoms with Crippen LogP contribution in [0.25, 0.3) is 17.2 Å². The van der Waals surface area contributed by atoms with Crippen molar-refractivity contribution in [2.45, 2.75) is 43.9 Å². The molecule has 2 aromatic heterocycles. The first-order valence-electron chi connectivity index (χ1n) is 14.6. The van der Waals surface area contributed by atoms with Gasteiger partial charge in [0.05, 0.1) is 19.1 Å². The van der Waals surface area contributed by atoms with Gasteiger partial charge in [0.25, 0.3) is 0 Å². The molecule has 2 aliphatic heterocycles. The van der Waals surface area contributed by atoms with E-state index in [2.05, 4.69) is 25.6 Å². The Morgan fingerprint density at radius 3 is 2.47 bits per heavy atom. The number of amides is 2. The summed E-state index contributed by atoms with van der Waals surface area (Å²) >= 11 is 0. The monoisotopic (exact) mass is 686 g/mol. The summed E-state index contributed by atoms with van der Waals surface area (Å²) in [5.41, 5.74) is 1.94. The molecule has 16 nitrogen and oxygen atoms in total. The van der Waals surface area contributed by atoms with Crippen LogP contribution in [0, 0.1) is 0 Å². The fourth-order valence-electron chi connectivity index (χ4n) is 5.20. The SMILES string of the molecule is CCNC(=O)Nc1ncnc2c1ncn2[C@@H]1O[C@H](COP(=O)(O)OP(=O)(O)Cc2ccccc2)C2O[C@H](C=Cc3ccccc3)O[C@@H]21. The van der Waals surface area contributed by atoms with Crippen LogP contribution in [0.3, 0.4) is 0 Å². The van der Waals surface area contributed by atoms with E-state index in [1.165, 1.54) is 12.7 Å². The topological polar surface area (TPSA) is 205 Å². The second-order valence-corrected chi connectivity index (χ2v) is 14.0. The van der Waals surface area contributed by atoms with E-state index >= 15 is 0 Å². The summed E-state index contributed by atoms with van der Waals surface area (Å²) in [5.74, 6) is 0.170. The van der Waals surface area contributed by atoms with Crippen LogP contribution in [-0.2, 0) is 38.3 Å². The van der Waals surface area contributed by atoms with E-state index in [9.17, 15) is 23.7 Å². The molecule has 4 aromatic rings. The van der Waals surface area contributed by atoms with E-state index in [4.69, 9.17) is 23.0 Å². The lowest BCUT2D eigenvalue weighted by molar-refractivity contribution is -0.132. The van der Waals surface area contributed by atoms with Crippen LogP contribution >= 0.6 is 15.4 Å². The molecule has 2 aromatic carbocycles. The van der Waals surface area contributed by atoms with E-state index in [1.54, 1.807) is 47.9 Å². The van der Waals surface area contributed by atoms with Crippen molar-refractivity contribution in [3.8, 4) is 0 Å².